The first-order valence-corrected chi connectivity index (χ1v) is 8.44. The zero-order chi connectivity index (χ0) is 17.6. The van der Waals surface area contributed by atoms with Crippen molar-refractivity contribution in [2.45, 2.75) is 32.2 Å². The van der Waals surface area contributed by atoms with E-state index in [1.807, 2.05) is 4.57 Å². The molecule has 0 unspecified atom stereocenters. The van der Waals surface area contributed by atoms with Gasteiger partial charge in [-0.3, -0.25) is 4.79 Å². The van der Waals surface area contributed by atoms with E-state index in [1.54, 1.807) is 18.3 Å². The van der Waals surface area contributed by atoms with Crippen molar-refractivity contribution in [1.82, 2.24) is 14.9 Å². The first-order chi connectivity index (χ1) is 12.1. The van der Waals surface area contributed by atoms with Gasteiger partial charge in [-0.15, -0.1) is 0 Å². The Morgan fingerprint density at radius 2 is 2.00 bits per heavy atom. The number of aryl methyl sites for hydroxylation is 1. The summed E-state index contributed by atoms with van der Waals surface area (Å²) in [7, 11) is 0. The molecule has 132 valence electrons. The minimum atomic E-state index is -0.973. The van der Waals surface area contributed by atoms with Gasteiger partial charge in [-0.1, -0.05) is 6.42 Å². The van der Waals surface area contributed by atoms with E-state index >= 15 is 0 Å². The predicted octanol–water partition coefficient (Wildman–Crippen LogP) is 2.12. The van der Waals surface area contributed by atoms with Crippen molar-refractivity contribution < 1.29 is 19.4 Å². The lowest BCUT2D eigenvalue weighted by molar-refractivity contribution is 0.0696. The molecule has 2 aromatic rings. The third-order valence-corrected chi connectivity index (χ3v) is 4.21. The normalized spacial score (nSPS) is 13.6. The maximum Gasteiger partial charge on any atom is 0.335 e. The molecule has 2 heterocycles. The summed E-state index contributed by atoms with van der Waals surface area (Å²) in [5, 5.41) is 11.7. The van der Waals surface area contributed by atoms with Crippen LogP contribution in [0.5, 0.6) is 5.75 Å². The minimum absolute atomic E-state index is 0.148. The lowest BCUT2D eigenvalue weighted by Gasteiger charge is -2.10. The number of ether oxygens (including phenoxy) is 1. The van der Waals surface area contributed by atoms with Crippen molar-refractivity contribution >= 4 is 11.9 Å². The van der Waals surface area contributed by atoms with Gasteiger partial charge in [0.05, 0.1) is 18.3 Å². The Hall–Kier alpha value is -2.83. The summed E-state index contributed by atoms with van der Waals surface area (Å²) < 4.78 is 7.52. The van der Waals surface area contributed by atoms with Crippen molar-refractivity contribution in [3.05, 3.63) is 47.5 Å². The zero-order valence-electron chi connectivity index (χ0n) is 13.9. The summed E-state index contributed by atoms with van der Waals surface area (Å²) in [6.07, 6.45) is 5.91. The molecule has 0 saturated carbocycles. The number of imidazole rings is 1. The fraction of sp³-hybridized carbons (Fsp3) is 0.389. The van der Waals surface area contributed by atoms with Crippen LogP contribution in [0.15, 0.2) is 30.5 Å². The summed E-state index contributed by atoms with van der Waals surface area (Å²) in [5.41, 5.74) is 0.810. The van der Waals surface area contributed by atoms with Crippen LogP contribution in [0.4, 0.5) is 0 Å². The van der Waals surface area contributed by atoms with Crippen LogP contribution in [0.3, 0.4) is 0 Å². The fourth-order valence-corrected chi connectivity index (χ4v) is 2.89. The van der Waals surface area contributed by atoms with Crippen molar-refractivity contribution in [2.75, 3.05) is 13.2 Å². The van der Waals surface area contributed by atoms with Crippen LogP contribution >= 0.6 is 0 Å². The quantitative estimate of drug-likeness (QED) is 0.784. The van der Waals surface area contributed by atoms with Gasteiger partial charge in [0.1, 0.15) is 23.9 Å². The Kier molecular flexibility index (Phi) is 5.33. The molecule has 0 saturated heterocycles. The Labute approximate surface area is 145 Å². The average Bonchev–Trinajstić information content (AvgIpc) is 2.87. The molecule has 25 heavy (non-hydrogen) atoms. The summed E-state index contributed by atoms with van der Waals surface area (Å²) in [6, 6.07) is 6.17. The largest absolute Gasteiger partial charge is 0.492 e. The average molecular weight is 343 g/mol. The summed E-state index contributed by atoms with van der Waals surface area (Å²) in [5.74, 6) is 0.430. The van der Waals surface area contributed by atoms with E-state index < -0.39 is 5.97 Å². The zero-order valence-corrected chi connectivity index (χ0v) is 13.9. The highest BCUT2D eigenvalue weighted by Crippen LogP contribution is 2.16. The van der Waals surface area contributed by atoms with Gasteiger partial charge in [-0.25, -0.2) is 9.78 Å². The molecule has 3 rings (SSSR count). The van der Waals surface area contributed by atoms with Gasteiger partial charge in [0.15, 0.2) is 0 Å². The predicted molar refractivity (Wildman–Crippen MR) is 91.0 cm³/mol. The van der Waals surface area contributed by atoms with Gasteiger partial charge >= 0.3 is 5.97 Å². The molecule has 7 nitrogen and oxygen atoms in total. The molecule has 0 fully saturated rings. The second-order valence-corrected chi connectivity index (χ2v) is 5.96. The van der Waals surface area contributed by atoms with Crippen LogP contribution in [0.25, 0.3) is 0 Å². The second kappa shape index (κ2) is 7.83. The fourth-order valence-electron chi connectivity index (χ4n) is 2.89. The number of benzene rings is 1. The van der Waals surface area contributed by atoms with E-state index in [4.69, 9.17) is 9.84 Å². The maximum absolute atomic E-state index is 12.3. The number of aromatic nitrogens is 2. The van der Waals surface area contributed by atoms with Crippen LogP contribution < -0.4 is 10.1 Å². The van der Waals surface area contributed by atoms with E-state index in [-0.39, 0.29) is 11.5 Å². The lowest BCUT2D eigenvalue weighted by atomic mass is 10.2. The second-order valence-electron chi connectivity index (χ2n) is 5.96. The van der Waals surface area contributed by atoms with E-state index in [9.17, 15) is 9.59 Å². The molecular formula is C18H21N3O4. The molecule has 0 atom stereocenters. The van der Waals surface area contributed by atoms with Crippen LogP contribution in [0.1, 0.15) is 45.9 Å². The number of hydrogen-bond acceptors (Lipinski definition) is 4. The molecule has 0 radical (unpaired) electrons. The highest BCUT2D eigenvalue weighted by atomic mass is 16.5. The van der Waals surface area contributed by atoms with Gasteiger partial charge in [0.25, 0.3) is 5.91 Å². The molecule has 1 aliphatic rings. The molecule has 7 heteroatoms. The Morgan fingerprint density at radius 3 is 2.76 bits per heavy atom. The molecule has 0 spiro atoms. The number of fused-ring (bicyclic) bond motifs is 1. The number of nitrogens with zero attached hydrogens (tertiary/aromatic N) is 2. The van der Waals surface area contributed by atoms with Crippen LogP contribution in [-0.2, 0) is 13.0 Å². The minimum Gasteiger partial charge on any atom is -0.492 e. The highest BCUT2D eigenvalue weighted by molar-refractivity contribution is 5.92. The number of carboxylic acids is 1. The molecule has 1 aromatic carbocycles. The van der Waals surface area contributed by atoms with Crippen molar-refractivity contribution in [2.24, 2.45) is 0 Å². The third kappa shape index (κ3) is 4.17. The van der Waals surface area contributed by atoms with Gasteiger partial charge in [0, 0.05) is 13.0 Å². The van der Waals surface area contributed by atoms with Gasteiger partial charge in [0.2, 0.25) is 0 Å². The number of nitrogens with one attached hydrogen (secondary N) is 1. The molecule has 0 bridgehead atoms. The first-order valence-electron chi connectivity index (χ1n) is 8.44. The number of carbonyl (C=O) groups is 2. The number of amides is 1. The van der Waals surface area contributed by atoms with Crippen molar-refractivity contribution in [3.63, 3.8) is 0 Å². The van der Waals surface area contributed by atoms with Crippen LogP contribution in [0, 0.1) is 0 Å². The van der Waals surface area contributed by atoms with E-state index in [1.165, 1.54) is 18.6 Å². The van der Waals surface area contributed by atoms with Crippen LogP contribution in [-0.4, -0.2) is 39.7 Å². The molecule has 1 aromatic heterocycles. The van der Waals surface area contributed by atoms with Gasteiger partial charge < -0.3 is 19.7 Å². The summed E-state index contributed by atoms with van der Waals surface area (Å²) >= 11 is 0. The lowest BCUT2D eigenvalue weighted by Crippen LogP contribution is -2.30. The topological polar surface area (TPSA) is 93.4 Å². The SMILES string of the molecule is O=C(O)c1ccc(OCCNC(=O)c2cnc3n2CCCCC3)cc1. The Balaban J connectivity index is 1.48. The Morgan fingerprint density at radius 1 is 1.20 bits per heavy atom. The van der Waals surface area contributed by atoms with Crippen LogP contribution in [0.2, 0.25) is 0 Å². The van der Waals surface area contributed by atoms with Gasteiger partial charge in [-0.05, 0) is 37.1 Å². The number of hydrogen-bond donors (Lipinski definition) is 2. The first kappa shape index (κ1) is 17.0. The van der Waals surface area contributed by atoms with Gasteiger partial charge in [-0.2, -0.15) is 0 Å². The third-order valence-electron chi connectivity index (χ3n) is 4.21. The summed E-state index contributed by atoms with van der Waals surface area (Å²) in [6.45, 7) is 1.50. The maximum atomic E-state index is 12.3. The Bertz CT molecular complexity index is 752. The number of aromatic carboxylic acids is 1. The number of carbonyl (C=O) groups excluding carboxylic acids is 1. The van der Waals surface area contributed by atoms with E-state index in [0.717, 1.165) is 31.6 Å². The smallest absolute Gasteiger partial charge is 0.335 e. The standard InChI is InChI=1S/C18H21N3O4/c22-17(15-12-20-16-4-2-1-3-10-21(15)16)19-9-11-25-14-7-5-13(6-8-14)18(23)24/h5-8,12H,1-4,9-11H2,(H,19,22)(H,23,24). The molecule has 1 aliphatic heterocycles. The van der Waals surface area contributed by atoms with E-state index in [2.05, 4.69) is 10.3 Å². The molecule has 2 N–H and O–H groups in total. The highest BCUT2D eigenvalue weighted by Gasteiger charge is 2.17. The van der Waals surface area contributed by atoms with E-state index in [0.29, 0.717) is 24.6 Å². The number of carboxylic acid groups (broad SMARTS) is 1. The number of rotatable bonds is 6. The van der Waals surface area contributed by atoms with Crippen molar-refractivity contribution in [1.29, 1.82) is 0 Å². The summed E-state index contributed by atoms with van der Waals surface area (Å²) in [4.78, 5) is 27.5. The molecular weight excluding hydrogens is 322 g/mol. The monoisotopic (exact) mass is 343 g/mol. The molecule has 1 amide bonds. The molecule has 0 aliphatic carbocycles. The van der Waals surface area contributed by atoms with Crippen molar-refractivity contribution in [3.8, 4) is 5.75 Å².